The van der Waals surface area contributed by atoms with E-state index in [1.54, 1.807) is 42.5 Å². The van der Waals surface area contributed by atoms with Gasteiger partial charge in [0.05, 0.1) is 29.6 Å². The Hall–Kier alpha value is -3.07. The van der Waals surface area contributed by atoms with E-state index in [-0.39, 0.29) is 5.56 Å². The molecule has 0 unspecified atom stereocenters. The number of esters is 1. The Morgan fingerprint density at radius 1 is 1.16 bits per heavy atom. The van der Waals surface area contributed by atoms with E-state index in [2.05, 4.69) is 36.8 Å². The minimum absolute atomic E-state index is 0.261. The number of tetrazole rings is 1. The van der Waals surface area contributed by atoms with Crippen molar-refractivity contribution in [2.75, 3.05) is 12.4 Å². The van der Waals surface area contributed by atoms with Crippen LogP contribution in [0, 0.1) is 0 Å². The molecule has 126 valence electrons. The zero-order valence-electron chi connectivity index (χ0n) is 13.0. The lowest BCUT2D eigenvalue weighted by molar-refractivity contribution is 0.0602. The van der Waals surface area contributed by atoms with Crippen molar-refractivity contribution in [3.8, 4) is 5.69 Å². The van der Waals surface area contributed by atoms with Crippen LogP contribution in [-0.4, -0.2) is 39.2 Å². The molecular formula is C16H12BrN5O3. The number of halogens is 1. The molecule has 1 N–H and O–H groups in total. The summed E-state index contributed by atoms with van der Waals surface area (Å²) in [5.41, 5.74) is 1.45. The third kappa shape index (κ3) is 3.56. The normalized spacial score (nSPS) is 10.3. The number of nitrogens with zero attached hydrogens (tertiary/aromatic N) is 4. The fourth-order valence-electron chi connectivity index (χ4n) is 2.23. The fraction of sp³-hybridized carbons (Fsp3) is 0.0625. The Balaban J connectivity index is 1.98. The van der Waals surface area contributed by atoms with Crippen molar-refractivity contribution in [2.24, 2.45) is 0 Å². The molecule has 25 heavy (non-hydrogen) atoms. The quantitative estimate of drug-likeness (QED) is 0.674. The van der Waals surface area contributed by atoms with Crippen LogP contribution in [0.2, 0.25) is 0 Å². The molecule has 0 spiro atoms. The number of hydrogen-bond donors (Lipinski definition) is 1. The first-order valence-electron chi connectivity index (χ1n) is 7.11. The first kappa shape index (κ1) is 16.8. The van der Waals surface area contributed by atoms with Gasteiger partial charge in [-0.1, -0.05) is 28.1 Å². The van der Waals surface area contributed by atoms with Crippen LogP contribution in [0.15, 0.2) is 53.3 Å². The summed E-state index contributed by atoms with van der Waals surface area (Å²) in [6, 6.07) is 11.7. The largest absolute Gasteiger partial charge is 0.465 e. The maximum Gasteiger partial charge on any atom is 0.339 e. The summed E-state index contributed by atoms with van der Waals surface area (Å²) in [4.78, 5) is 24.6. The van der Waals surface area contributed by atoms with E-state index in [1.807, 2.05) is 0 Å². The number of carbonyl (C=O) groups is 2. The monoisotopic (exact) mass is 401 g/mol. The number of aromatic nitrogens is 4. The molecule has 0 saturated carbocycles. The first-order chi connectivity index (χ1) is 12.1. The van der Waals surface area contributed by atoms with Gasteiger partial charge in [0.2, 0.25) is 0 Å². The third-order valence-electron chi connectivity index (χ3n) is 3.38. The summed E-state index contributed by atoms with van der Waals surface area (Å²) in [5, 5.41) is 13.7. The molecule has 3 rings (SSSR count). The highest BCUT2D eigenvalue weighted by Gasteiger charge is 2.18. The minimum Gasteiger partial charge on any atom is -0.465 e. The standard InChI is InChI=1S/C16H12BrN5O3/c1-25-16(24)11-4-2-3-5-13(11)19-15(23)12-8-10(17)6-7-14(12)22-9-18-20-21-22/h2-9H,1H3,(H,19,23). The molecule has 0 bridgehead atoms. The summed E-state index contributed by atoms with van der Waals surface area (Å²) in [5.74, 6) is -0.950. The van der Waals surface area contributed by atoms with E-state index in [0.717, 1.165) is 4.47 Å². The lowest BCUT2D eigenvalue weighted by atomic mass is 10.1. The van der Waals surface area contributed by atoms with Crippen molar-refractivity contribution >= 4 is 33.5 Å². The lowest BCUT2D eigenvalue weighted by Gasteiger charge is -2.12. The first-order valence-corrected chi connectivity index (χ1v) is 7.91. The van der Waals surface area contributed by atoms with Gasteiger partial charge in [0.25, 0.3) is 5.91 Å². The van der Waals surface area contributed by atoms with Crippen LogP contribution in [-0.2, 0) is 4.74 Å². The molecule has 2 aromatic carbocycles. The Kier molecular flexibility index (Phi) is 4.85. The predicted molar refractivity (Wildman–Crippen MR) is 92.6 cm³/mol. The lowest BCUT2D eigenvalue weighted by Crippen LogP contribution is -2.17. The zero-order valence-corrected chi connectivity index (χ0v) is 14.6. The number of carbonyl (C=O) groups excluding carboxylic acids is 2. The molecular weight excluding hydrogens is 390 g/mol. The molecule has 0 atom stereocenters. The maximum absolute atomic E-state index is 12.8. The van der Waals surface area contributed by atoms with E-state index < -0.39 is 11.9 Å². The number of ether oxygens (including phenoxy) is 1. The van der Waals surface area contributed by atoms with Gasteiger partial charge in [0.15, 0.2) is 0 Å². The summed E-state index contributed by atoms with van der Waals surface area (Å²) in [6.45, 7) is 0. The molecule has 1 aromatic heterocycles. The molecule has 0 radical (unpaired) electrons. The Morgan fingerprint density at radius 2 is 1.96 bits per heavy atom. The molecule has 0 aliphatic heterocycles. The second-order valence-corrected chi connectivity index (χ2v) is 5.82. The number of amides is 1. The van der Waals surface area contributed by atoms with Gasteiger partial charge in [-0.25, -0.2) is 4.79 Å². The smallest absolute Gasteiger partial charge is 0.339 e. The number of anilines is 1. The number of benzene rings is 2. The van der Waals surface area contributed by atoms with E-state index >= 15 is 0 Å². The zero-order chi connectivity index (χ0) is 17.8. The Bertz CT molecular complexity index is 927. The molecule has 0 aliphatic rings. The van der Waals surface area contributed by atoms with Gasteiger partial charge < -0.3 is 10.1 Å². The predicted octanol–water partition coefficient (Wildman–Crippen LogP) is 2.46. The summed E-state index contributed by atoms with van der Waals surface area (Å²) >= 11 is 3.35. The average Bonchev–Trinajstić information content (AvgIpc) is 3.16. The summed E-state index contributed by atoms with van der Waals surface area (Å²) in [6.07, 6.45) is 1.39. The Morgan fingerprint density at radius 3 is 2.68 bits per heavy atom. The van der Waals surface area contributed by atoms with Gasteiger partial charge in [-0.05, 0) is 40.8 Å². The van der Waals surface area contributed by atoms with Crippen LogP contribution in [0.25, 0.3) is 5.69 Å². The van der Waals surface area contributed by atoms with E-state index in [9.17, 15) is 9.59 Å². The van der Waals surface area contributed by atoms with Gasteiger partial charge in [-0.15, -0.1) is 5.10 Å². The van der Waals surface area contributed by atoms with Crippen LogP contribution in [0.4, 0.5) is 5.69 Å². The van der Waals surface area contributed by atoms with Crippen LogP contribution in [0.5, 0.6) is 0 Å². The van der Waals surface area contributed by atoms with Crippen molar-refractivity contribution in [1.29, 1.82) is 0 Å². The third-order valence-corrected chi connectivity index (χ3v) is 3.87. The summed E-state index contributed by atoms with van der Waals surface area (Å²) < 4.78 is 6.84. The number of para-hydroxylation sites is 1. The highest BCUT2D eigenvalue weighted by Crippen LogP contribution is 2.22. The fourth-order valence-corrected chi connectivity index (χ4v) is 2.59. The van der Waals surface area contributed by atoms with Crippen LogP contribution in [0.1, 0.15) is 20.7 Å². The molecule has 0 fully saturated rings. The van der Waals surface area contributed by atoms with Crippen molar-refractivity contribution in [2.45, 2.75) is 0 Å². The highest BCUT2D eigenvalue weighted by molar-refractivity contribution is 9.10. The summed E-state index contributed by atoms with van der Waals surface area (Å²) in [7, 11) is 1.28. The van der Waals surface area contributed by atoms with Gasteiger partial charge in [-0.3, -0.25) is 4.79 Å². The van der Waals surface area contributed by atoms with Crippen molar-refractivity contribution in [1.82, 2.24) is 20.2 Å². The Labute approximate surface area is 150 Å². The molecule has 3 aromatic rings. The van der Waals surface area contributed by atoms with Gasteiger partial charge >= 0.3 is 5.97 Å². The second kappa shape index (κ2) is 7.22. The molecule has 1 heterocycles. The minimum atomic E-state index is -0.536. The van der Waals surface area contributed by atoms with Crippen LogP contribution >= 0.6 is 15.9 Å². The van der Waals surface area contributed by atoms with Crippen LogP contribution < -0.4 is 5.32 Å². The topological polar surface area (TPSA) is 99.0 Å². The number of hydrogen-bond acceptors (Lipinski definition) is 6. The van der Waals surface area contributed by atoms with Gasteiger partial charge in [0, 0.05) is 4.47 Å². The molecule has 8 nitrogen and oxygen atoms in total. The van der Waals surface area contributed by atoms with E-state index in [4.69, 9.17) is 4.74 Å². The van der Waals surface area contributed by atoms with E-state index in [1.165, 1.54) is 18.1 Å². The average molecular weight is 402 g/mol. The SMILES string of the molecule is COC(=O)c1ccccc1NC(=O)c1cc(Br)ccc1-n1cnnn1. The van der Waals surface area contributed by atoms with Crippen molar-refractivity contribution in [3.63, 3.8) is 0 Å². The van der Waals surface area contributed by atoms with Gasteiger partial charge in [0.1, 0.15) is 6.33 Å². The van der Waals surface area contributed by atoms with Crippen LogP contribution in [0.3, 0.4) is 0 Å². The highest BCUT2D eigenvalue weighted by atomic mass is 79.9. The molecule has 0 saturated heterocycles. The second-order valence-electron chi connectivity index (χ2n) is 4.91. The van der Waals surface area contributed by atoms with E-state index in [0.29, 0.717) is 16.9 Å². The number of rotatable bonds is 4. The molecule has 9 heteroatoms. The molecule has 1 amide bonds. The molecule has 0 aliphatic carbocycles. The number of methoxy groups -OCH3 is 1. The number of nitrogens with one attached hydrogen (secondary N) is 1. The van der Waals surface area contributed by atoms with Crippen molar-refractivity contribution in [3.05, 3.63) is 64.4 Å². The van der Waals surface area contributed by atoms with Crippen molar-refractivity contribution < 1.29 is 14.3 Å². The maximum atomic E-state index is 12.8. The van der Waals surface area contributed by atoms with Gasteiger partial charge in [-0.2, -0.15) is 4.68 Å².